The molecule has 2 heteroatoms. The topological polar surface area (TPSA) is 16.4 Å². The molecule has 10 aromatic carbocycles. The summed E-state index contributed by atoms with van der Waals surface area (Å²) in [5.74, 6) is 0. The molecule has 2 aliphatic carbocycles. The number of anilines is 3. The normalized spacial score (nSPS) is 13.0. The van der Waals surface area contributed by atoms with Gasteiger partial charge in [0.05, 0.1) is 22.2 Å². The highest BCUT2D eigenvalue weighted by molar-refractivity contribution is 6.23. The van der Waals surface area contributed by atoms with Gasteiger partial charge in [0.15, 0.2) is 0 Å². The summed E-state index contributed by atoms with van der Waals surface area (Å²) in [5, 5.41) is 4.46. The first-order chi connectivity index (χ1) is 30.3. The third kappa shape index (κ3) is 4.73. The minimum Gasteiger partial charge on any atom is -0.455 e. The molecule has 0 aliphatic heterocycles. The largest absolute Gasteiger partial charge is 0.455 e. The summed E-state index contributed by atoms with van der Waals surface area (Å²) in [4.78, 5) is 2.50. The third-order valence-corrected chi connectivity index (χ3v) is 13.3. The van der Waals surface area contributed by atoms with Gasteiger partial charge in [0.1, 0.15) is 11.2 Å². The number of rotatable bonds is 5. The number of benzene rings is 10. The molecule has 13 rings (SSSR count). The van der Waals surface area contributed by atoms with Crippen LogP contribution in [0.2, 0.25) is 0 Å². The highest BCUT2D eigenvalue weighted by Gasteiger charge is 2.52. The van der Waals surface area contributed by atoms with Crippen molar-refractivity contribution < 1.29 is 4.42 Å². The Morgan fingerprint density at radius 2 is 0.885 bits per heavy atom. The summed E-state index contributed by atoms with van der Waals surface area (Å²) in [6, 6.07) is 82.2. The van der Waals surface area contributed by atoms with Crippen LogP contribution in [0.5, 0.6) is 0 Å². The van der Waals surface area contributed by atoms with Crippen LogP contribution in [-0.2, 0) is 5.41 Å². The number of nitrogens with zero attached hydrogens (tertiary/aromatic N) is 1. The zero-order chi connectivity index (χ0) is 40.1. The van der Waals surface area contributed by atoms with E-state index in [2.05, 4.69) is 229 Å². The lowest BCUT2D eigenvalue weighted by atomic mass is 9.70. The van der Waals surface area contributed by atoms with E-state index < -0.39 is 5.41 Å². The maximum Gasteiger partial charge on any atom is 0.143 e. The Morgan fingerprint density at radius 3 is 1.62 bits per heavy atom. The van der Waals surface area contributed by atoms with Crippen molar-refractivity contribution in [2.75, 3.05) is 4.90 Å². The second-order valence-corrected chi connectivity index (χ2v) is 16.3. The summed E-state index contributed by atoms with van der Waals surface area (Å²) < 4.78 is 6.99. The van der Waals surface area contributed by atoms with Gasteiger partial charge in [-0.3, -0.25) is 0 Å². The Bertz CT molecular complexity index is 3500. The first-order valence-corrected chi connectivity index (χ1v) is 21.1. The highest BCUT2D eigenvalue weighted by Crippen LogP contribution is 2.65. The molecule has 61 heavy (non-hydrogen) atoms. The summed E-state index contributed by atoms with van der Waals surface area (Å²) in [7, 11) is 0. The molecule has 2 nitrogen and oxygen atoms in total. The van der Waals surface area contributed by atoms with E-state index in [0.29, 0.717) is 0 Å². The van der Waals surface area contributed by atoms with Gasteiger partial charge in [-0.15, -0.1) is 0 Å². The van der Waals surface area contributed by atoms with E-state index in [-0.39, 0.29) is 0 Å². The van der Waals surface area contributed by atoms with Gasteiger partial charge in [-0.1, -0.05) is 188 Å². The number of fused-ring (bicyclic) bond motifs is 15. The van der Waals surface area contributed by atoms with Crippen LogP contribution < -0.4 is 4.90 Å². The first-order valence-electron chi connectivity index (χ1n) is 21.1. The number of hydrogen-bond donors (Lipinski definition) is 0. The molecule has 0 bridgehead atoms. The average molecular weight is 776 g/mol. The second kappa shape index (κ2) is 13.0. The minimum atomic E-state index is -0.468. The van der Waals surface area contributed by atoms with Gasteiger partial charge in [-0.25, -0.2) is 0 Å². The van der Waals surface area contributed by atoms with Gasteiger partial charge in [0.2, 0.25) is 0 Å². The molecule has 0 unspecified atom stereocenters. The van der Waals surface area contributed by atoms with E-state index in [1.54, 1.807) is 0 Å². The van der Waals surface area contributed by atoms with E-state index in [9.17, 15) is 0 Å². The Balaban J connectivity index is 1.15. The minimum absolute atomic E-state index is 0.468. The Labute approximate surface area is 354 Å². The molecular weight excluding hydrogens is 739 g/mol. The molecule has 0 amide bonds. The van der Waals surface area contributed by atoms with Crippen molar-refractivity contribution in [3.05, 3.63) is 247 Å². The highest BCUT2D eigenvalue weighted by atomic mass is 16.3. The summed E-state index contributed by atoms with van der Waals surface area (Å²) in [6.07, 6.45) is 0. The Morgan fingerprint density at radius 1 is 0.344 bits per heavy atom. The predicted molar refractivity (Wildman–Crippen MR) is 253 cm³/mol. The molecule has 2 aliphatic rings. The standard InChI is InChI=1S/C59H37NO/c1-3-18-38(19-4-1)40-22-15-23-41(36-40)60(54-34-17-35-55-57(54)48-37-47(39-20-5-2-6-21-39)42-24-7-8-27-45(42)58(48)61-55)53-33-16-32-52-56(53)46-28-11-14-31-51(46)59(52)49-29-12-9-25-43(49)44-26-10-13-30-50(44)59/h1-37H. The predicted octanol–water partition coefficient (Wildman–Crippen LogP) is 15.9. The molecule has 0 saturated heterocycles. The van der Waals surface area contributed by atoms with Crippen LogP contribution in [0.4, 0.5) is 17.1 Å². The zero-order valence-corrected chi connectivity index (χ0v) is 33.2. The molecule has 1 spiro atoms. The van der Waals surface area contributed by atoms with Crippen LogP contribution >= 0.6 is 0 Å². The van der Waals surface area contributed by atoms with E-state index >= 15 is 0 Å². The third-order valence-electron chi connectivity index (χ3n) is 13.3. The molecule has 284 valence electrons. The maximum atomic E-state index is 6.99. The van der Waals surface area contributed by atoms with E-state index in [1.165, 1.54) is 66.6 Å². The van der Waals surface area contributed by atoms with Gasteiger partial charge in [0, 0.05) is 22.0 Å². The van der Waals surface area contributed by atoms with Crippen LogP contribution in [-0.4, -0.2) is 0 Å². The fraction of sp³-hybridized carbons (Fsp3) is 0.0169. The van der Waals surface area contributed by atoms with Gasteiger partial charge in [-0.05, 0) is 103 Å². The Hall–Kier alpha value is -7.94. The monoisotopic (exact) mass is 775 g/mol. The van der Waals surface area contributed by atoms with Crippen molar-refractivity contribution in [1.82, 2.24) is 0 Å². The lowest BCUT2D eigenvalue weighted by Crippen LogP contribution is -2.26. The van der Waals surface area contributed by atoms with Crippen molar-refractivity contribution in [2.24, 2.45) is 0 Å². The van der Waals surface area contributed by atoms with Gasteiger partial charge < -0.3 is 9.32 Å². The molecule has 0 saturated carbocycles. The lowest BCUT2D eigenvalue weighted by Gasteiger charge is -2.32. The molecule has 1 aromatic heterocycles. The maximum absolute atomic E-state index is 6.99. The van der Waals surface area contributed by atoms with Crippen LogP contribution in [0.25, 0.3) is 77.2 Å². The van der Waals surface area contributed by atoms with Gasteiger partial charge in [0.25, 0.3) is 0 Å². The molecule has 11 aromatic rings. The van der Waals surface area contributed by atoms with E-state index in [4.69, 9.17) is 4.42 Å². The van der Waals surface area contributed by atoms with Crippen molar-refractivity contribution in [3.63, 3.8) is 0 Å². The quantitative estimate of drug-likeness (QED) is 0.173. The second-order valence-electron chi connectivity index (χ2n) is 16.3. The fourth-order valence-electron chi connectivity index (χ4n) is 10.8. The zero-order valence-electron chi connectivity index (χ0n) is 33.2. The molecule has 1 heterocycles. The van der Waals surface area contributed by atoms with Crippen molar-refractivity contribution in [2.45, 2.75) is 5.41 Å². The summed E-state index contributed by atoms with van der Waals surface area (Å²) in [6.45, 7) is 0. The number of furan rings is 1. The lowest BCUT2D eigenvalue weighted by molar-refractivity contribution is 0.672. The van der Waals surface area contributed by atoms with Crippen molar-refractivity contribution in [1.29, 1.82) is 0 Å². The van der Waals surface area contributed by atoms with Crippen LogP contribution in [0, 0.1) is 0 Å². The van der Waals surface area contributed by atoms with Crippen LogP contribution in [0.1, 0.15) is 22.3 Å². The molecular formula is C59H37NO. The first kappa shape index (κ1) is 34.0. The smallest absolute Gasteiger partial charge is 0.143 e. The number of hydrogen-bond acceptors (Lipinski definition) is 2. The van der Waals surface area contributed by atoms with E-state index in [0.717, 1.165) is 50.0 Å². The fourth-order valence-corrected chi connectivity index (χ4v) is 10.8. The van der Waals surface area contributed by atoms with E-state index in [1.807, 2.05) is 0 Å². The average Bonchev–Trinajstić information content (AvgIpc) is 3.97. The van der Waals surface area contributed by atoms with Crippen molar-refractivity contribution >= 4 is 49.8 Å². The van der Waals surface area contributed by atoms with Crippen molar-refractivity contribution in [3.8, 4) is 44.5 Å². The molecule has 0 radical (unpaired) electrons. The SMILES string of the molecule is c1ccc(-c2cccc(N(c3cccc4c3-c3ccccc3C43c4ccccc4-c4ccccc43)c3cccc4oc5c6ccccc6c(-c6ccccc6)cc5c34)c2)cc1. The summed E-state index contributed by atoms with van der Waals surface area (Å²) >= 11 is 0. The van der Waals surface area contributed by atoms with Crippen LogP contribution in [0.3, 0.4) is 0 Å². The van der Waals surface area contributed by atoms with Gasteiger partial charge >= 0.3 is 0 Å². The molecule has 0 fully saturated rings. The van der Waals surface area contributed by atoms with Crippen LogP contribution in [0.15, 0.2) is 229 Å². The summed E-state index contributed by atoms with van der Waals surface area (Å²) in [5.41, 5.74) is 19.6. The molecule has 0 atom stereocenters. The Kier molecular flexibility index (Phi) is 7.26. The molecule has 0 N–H and O–H groups in total. The van der Waals surface area contributed by atoms with Gasteiger partial charge in [-0.2, -0.15) is 0 Å².